The fourth-order valence-electron chi connectivity index (χ4n) is 2.39. The molecule has 1 N–H and O–H groups in total. The van der Waals surface area contributed by atoms with E-state index in [0.717, 1.165) is 24.8 Å². The number of benzene rings is 2. The van der Waals surface area contributed by atoms with Gasteiger partial charge in [-0.2, -0.15) is 0 Å². The van der Waals surface area contributed by atoms with Gasteiger partial charge in [0, 0.05) is 24.8 Å². The molecule has 19 heavy (non-hydrogen) atoms. The van der Waals surface area contributed by atoms with Crippen LogP contribution in [0.25, 0.3) is 0 Å². The zero-order valence-electron chi connectivity index (χ0n) is 10.6. The molecule has 0 fully saturated rings. The molecule has 4 heteroatoms. The second-order valence-electron chi connectivity index (χ2n) is 4.90. The van der Waals surface area contributed by atoms with Gasteiger partial charge in [-0.3, -0.25) is 4.90 Å². The molecular weight excluding hydrogens is 246 g/mol. The molecule has 0 amide bonds. The normalized spacial score (nSPS) is 14.5. The van der Waals surface area contributed by atoms with Gasteiger partial charge in [0.05, 0.1) is 5.69 Å². The monoisotopic (exact) mass is 260 g/mol. The summed E-state index contributed by atoms with van der Waals surface area (Å²) in [7, 11) is 2.06. The number of halogens is 2. The van der Waals surface area contributed by atoms with Crippen molar-refractivity contribution < 1.29 is 8.78 Å². The van der Waals surface area contributed by atoms with Crippen LogP contribution in [0.2, 0.25) is 0 Å². The maximum Gasteiger partial charge on any atom is 0.149 e. The molecule has 1 heterocycles. The van der Waals surface area contributed by atoms with E-state index in [1.807, 2.05) is 18.2 Å². The van der Waals surface area contributed by atoms with Crippen molar-refractivity contribution in [2.24, 2.45) is 0 Å². The van der Waals surface area contributed by atoms with Crippen LogP contribution < -0.4 is 5.32 Å². The first-order valence-corrected chi connectivity index (χ1v) is 6.14. The van der Waals surface area contributed by atoms with Crippen LogP contribution in [0.5, 0.6) is 0 Å². The largest absolute Gasteiger partial charge is 0.353 e. The average molecular weight is 260 g/mol. The third kappa shape index (κ3) is 2.44. The molecule has 0 unspecified atom stereocenters. The van der Waals surface area contributed by atoms with Crippen LogP contribution in [0.4, 0.5) is 20.2 Å². The minimum atomic E-state index is -0.586. The number of fused-ring (bicyclic) bond motifs is 1. The zero-order chi connectivity index (χ0) is 13.4. The molecule has 3 rings (SSSR count). The third-order valence-corrected chi connectivity index (χ3v) is 3.30. The van der Waals surface area contributed by atoms with E-state index in [0.29, 0.717) is 0 Å². The van der Waals surface area contributed by atoms with E-state index < -0.39 is 11.6 Å². The number of hydrogen-bond acceptors (Lipinski definition) is 2. The van der Waals surface area contributed by atoms with Crippen LogP contribution in [0.15, 0.2) is 36.4 Å². The second kappa shape index (κ2) is 4.63. The predicted molar refractivity (Wildman–Crippen MR) is 71.3 cm³/mol. The first kappa shape index (κ1) is 12.1. The van der Waals surface area contributed by atoms with Crippen molar-refractivity contribution in [3.63, 3.8) is 0 Å². The summed E-state index contributed by atoms with van der Waals surface area (Å²) in [6.45, 7) is 1.84. The van der Waals surface area contributed by atoms with Gasteiger partial charge in [0.15, 0.2) is 0 Å². The highest BCUT2D eigenvalue weighted by Gasteiger charge is 2.15. The molecule has 0 spiro atoms. The van der Waals surface area contributed by atoms with Gasteiger partial charge in [0.25, 0.3) is 0 Å². The summed E-state index contributed by atoms with van der Waals surface area (Å²) in [4.78, 5) is 2.22. The SMILES string of the molecule is CN1Cc2ccc(Nc3ccc(F)cc3F)cc2C1. The second-order valence-corrected chi connectivity index (χ2v) is 4.90. The molecule has 0 aliphatic carbocycles. The fourth-order valence-corrected chi connectivity index (χ4v) is 2.39. The van der Waals surface area contributed by atoms with Gasteiger partial charge < -0.3 is 5.32 Å². The summed E-state index contributed by atoms with van der Waals surface area (Å²) in [5, 5.41) is 2.98. The lowest BCUT2D eigenvalue weighted by Gasteiger charge is -2.09. The Labute approximate surface area is 110 Å². The lowest BCUT2D eigenvalue weighted by Crippen LogP contribution is -2.07. The van der Waals surface area contributed by atoms with Gasteiger partial charge in [0.1, 0.15) is 11.6 Å². The molecule has 0 radical (unpaired) electrons. The maximum absolute atomic E-state index is 13.6. The van der Waals surface area contributed by atoms with Crippen molar-refractivity contribution in [1.29, 1.82) is 0 Å². The van der Waals surface area contributed by atoms with Crippen molar-refractivity contribution in [2.75, 3.05) is 12.4 Å². The summed E-state index contributed by atoms with van der Waals surface area (Å²) in [5.74, 6) is -1.16. The molecule has 0 aromatic heterocycles. The molecule has 98 valence electrons. The number of rotatable bonds is 2. The van der Waals surface area contributed by atoms with E-state index in [2.05, 4.69) is 17.3 Å². The van der Waals surface area contributed by atoms with Crippen molar-refractivity contribution in [3.05, 3.63) is 59.2 Å². The van der Waals surface area contributed by atoms with Crippen LogP contribution in [-0.4, -0.2) is 11.9 Å². The van der Waals surface area contributed by atoms with Gasteiger partial charge in [0.2, 0.25) is 0 Å². The molecule has 1 aliphatic rings. The van der Waals surface area contributed by atoms with Crippen LogP contribution >= 0.6 is 0 Å². The summed E-state index contributed by atoms with van der Waals surface area (Å²) in [6, 6.07) is 9.51. The molecule has 0 saturated carbocycles. The summed E-state index contributed by atoms with van der Waals surface area (Å²) >= 11 is 0. The highest BCUT2D eigenvalue weighted by atomic mass is 19.1. The van der Waals surface area contributed by atoms with Gasteiger partial charge in [-0.15, -0.1) is 0 Å². The first-order chi connectivity index (χ1) is 9.11. The molecule has 2 aromatic rings. The smallest absolute Gasteiger partial charge is 0.149 e. The lowest BCUT2D eigenvalue weighted by molar-refractivity contribution is 0.353. The minimum absolute atomic E-state index is 0.285. The topological polar surface area (TPSA) is 15.3 Å². The Hall–Kier alpha value is -1.94. The molecular formula is C15H14F2N2. The number of nitrogens with zero attached hydrogens (tertiary/aromatic N) is 1. The Kier molecular flexibility index (Phi) is 2.95. The minimum Gasteiger partial charge on any atom is -0.353 e. The molecule has 0 saturated heterocycles. The van der Waals surface area contributed by atoms with E-state index >= 15 is 0 Å². The van der Waals surface area contributed by atoms with Crippen molar-refractivity contribution >= 4 is 11.4 Å². The summed E-state index contributed by atoms with van der Waals surface area (Å²) in [6.07, 6.45) is 0. The predicted octanol–water partition coefficient (Wildman–Crippen LogP) is 3.65. The van der Waals surface area contributed by atoms with Gasteiger partial charge in [-0.25, -0.2) is 8.78 Å². The highest BCUT2D eigenvalue weighted by Crippen LogP contribution is 2.27. The summed E-state index contributed by atoms with van der Waals surface area (Å²) in [5.41, 5.74) is 3.65. The van der Waals surface area contributed by atoms with E-state index in [1.54, 1.807) is 0 Å². The molecule has 1 aliphatic heterocycles. The van der Waals surface area contributed by atoms with Crippen LogP contribution in [0.3, 0.4) is 0 Å². The van der Waals surface area contributed by atoms with E-state index in [4.69, 9.17) is 0 Å². The van der Waals surface area contributed by atoms with Crippen molar-refractivity contribution in [1.82, 2.24) is 4.90 Å². The molecule has 2 aromatic carbocycles. The molecule has 0 bridgehead atoms. The Balaban J connectivity index is 1.86. The Morgan fingerprint density at radius 3 is 2.58 bits per heavy atom. The zero-order valence-corrected chi connectivity index (χ0v) is 10.6. The Morgan fingerprint density at radius 1 is 1.00 bits per heavy atom. The van der Waals surface area contributed by atoms with Crippen molar-refractivity contribution in [2.45, 2.75) is 13.1 Å². The quantitative estimate of drug-likeness (QED) is 0.886. The number of nitrogens with one attached hydrogen (secondary N) is 1. The van der Waals surface area contributed by atoms with Crippen LogP contribution in [0, 0.1) is 11.6 Å². The molecule has 0 atom stereocenters. The average Bonchev–Trinajstić information content (AvgIpc) is 2.72. The van der Waals surface area contributed by atoms with Gasteiger partial charge in [-0.05, 0) is 42.4 Å². The first-order valence-electron chi connectivity index (χ1n) is 6.14. The standard InChI is InChI=1S/C15H14F2N2/c1-19-8-10-2-4-13(6-11(10)9-19)18-15-5-3-12(16)7-14(15)17/h2-7,18H,8-9H2,1H3. The Morgan fingerprint density at radius 2 is 1.79 bits per heavy atom. The fraction of sp³-hybridized carbons (Fsp3) is 0.200. The van der Waals surface area contributed by atoms with Crippen LogP contribution in [-0.2, 0) is 13.1 Å². The summed E-state index contributed by atoms with van der Waals surface area (Å²) < 4.78 is 26.4. The van der Waals surface area contributed by atoms with Gasteiger partial charge in [-0.1, -0.05) is 6.07 Å². The number of hydrogen-bond donors (Lipinski definition) is 1. The Bertz CT molecular complexity index is 626. The van der Waals surface area contributed by atoms with E-state index in [9.17, 15) is 8.78 Å². The third-order valence-electron chi connectivity index (χ3n) is 3.30. The van der Waals surface area contributed by atoms with Crippen LogP contribution in [0.1, 0.15) is 11.1 Å². The van der Waals surface area contributed by atoms with E-state index in [-0.39, 0.29) is 5.69 Å². The highest BCUT2D eigenvalue weighted by molar-refractivity contribution is 5.62. The number of anilines is 2. The lowest BCUT2D eigenvalue weighted by atomic mass is 10.1. The molecule has 2 nitrogen and oxygen atoms in total. The maximum atomic E-state index is 13.6. The van der Waals surface area contributed by atoms with Gasteiger partial charge >= 0.3 is 0 Å². The van der Waals surface area contributed by atoms with E-state index in [1.165, 1.54) is 23.3 Å². The van der Waals surface area contributed by atoms with Crippen molar-refractivity contribution in [3.8, 4) is 0 Å².